The van der Waals surface area contributed by atoms with E-state index in [0.717, 1.165) is 116 Å². The topological polar surface area (TPSA) is 84.0 Å². The zero-order valence-electron chi connectivity index (χ0n) is 53.0. The molecular weight excluding hydrogens is 1250 g/mol. The van der Waals surface area contributed by atoms with E-state index in [1.54, 1.807) is 62.6 Å². The number of aromatic nitrogens is 6. The van der Waals surface area contributed by atoms with Crippen LogP contribution in [0.1, 0.15) is 22.6 Å². The van der Waals surface area contributed by atoms with Crippen LogP contribution in [0.3, 0.4) is 0 Å². The van der Waals surface area contributed by atoms with Gasteiger partial charge in [0.05, 0.1) is 34.1 Å². The van der Waals surface area contributed by atoms with Gasteiger partial charge in [-0.2, -0.15) is 54.8 Å². The van der Waals surface area contributed by atoms with Gasteiger partial charge in [0.25, 0.3) is 0 Å². The first-order chi connectivity index (χ1) is 46.6. The number of nitrogens with zero attached hydrogens (tertiary/aromatic N) is 8. The molecule has 0 radical (unpaired) electrons. The van der Waals surface area contributed by atoms with Crippen LogP contribution in [-0.4, -0.2) is 81.6 Å². The number of aryl methyl sites for hydroxylation is 1. The Kier molecular flexibility index (Phi) is 17.7. The third-order valence-corrected chi connectivity index (χ3v) is 17.4. The normalized spacial score (nSPS) is 13.0. The SMILES string of the molecule is CN1CCN(c2ccc(-n3nc(C(F)(F)F)cc3-c3ccc4c(ccc5ccccc54)c3)cc2)CC1.CNc1ccc(-n2nc(C(F)(F)F)cc2-c2ccc(-c3ccc(C)cc3)cc2)cc1.CNc1ccc(-n2nc(C(F)(F)F)cc2-c2ccc3c(ccc4ccccc43)c2)cc1. The van der Waals surface area contributed by atoms with Crippen LogP contribution >= 0.6 is 0 Å². The molecule has 0 saturated carbocycles. The lowest BCUT2D eigenvalue weighted by molar-refractivity contribution is -0.142. The Balaban J connectivity index is 0.000000132. The van der Waals surface area contributed by atoms with Crippen molar-refractivity contribution in [3.05, 3.63) is 271 Å². The molecule has 0 bridgehead atoms. The van der Waals surface area contributed by atoms with Crippen LogP contribution in [0.15, 0.2) is 249 Å². The van der Waals surface area contributed by atoms with Gasteiger partial charge in [0.15, 0.2) is 17.1 Å². The maximum atomic E-state index is 13.7. The van der Waals surface area contributed by atoms with E-state index in [4.69, 9.17) is 0 Å². The number of rotatable bonds is 10. The van der Waals surface area contributed by atoms with Crippen LogP contribution in [0.2, 0.25) is 0 Å². The highest BCUT2D eigenvalue weighted by atomic mass is 19.4. The summed E-state index contributed by atoms with van der Waals surface area (Å²) in [7, 11) is 5.67. The molecule has 11 aromatic carbocycles. The number of likely N-dealkylation sites (N-methyl/N-ethyl adjacent to an activating group) is 1. The minimum Gasteiger partial charge on any atom is -0.388 e. The Morgan fingerprint density at radius 2 is 0.639 bits per heavy atom. The summed E-state index contributed by atoms with van der Waals surface area (Å²) in [6.45, 7) is 5.84. The lowest BCUT2D eigenvalue weighted by atomic mass is 9.99. The van der Waals surface area contributed by atoms with E-state index >= 15 is 0 Å². The van der Waals surface area contributed by atoms with Gasteiger partial charge in [-0.3, -0.25) is 0 Å². The second-order valence-electron chi connectivity index (χ2n) is 23.8. The standard InChI is InChI=1S/C29H25F3N4.C25H18F3N3.C24H20F3N3/c1-34-14-16-35(17-15-34)23-9-11-24(12-10-23)36-27(19-28(33-36)29(30,31)32)22-8-13-26-21(18-22)7-6-20-4-2-3-5-25(20)26;1-29-19-9-11-20(12-10-19)31-23(15-24(30-31)25(26,27)28)18-8-13-22-17(14-18)7-6-16-4-2-3-5-21(16)22;1-16-3-5-17(6-4-16)18-7-9-19(10-8-18)22-15-23(24(25,26)27)29-30(22)21-13-11-20(28-2)12-14-21/h2-13,18-19H,14-17H2,1H3;2-15,29H,1H3;3-15,28H,1-2H3. The van der Waals surface area contributed by atoms with E-state index in [1.165, 1.54) is 19.6 Å². The molecule has 15 rings (SSSR count). The van der Waals surface area contributed by atoms with Crippen LogP contribution < -0.4 is 15.5 Å². The summed E-state index contributed by atoms with van der Waals surface area (Å²) in [6.07, 6.45) is -13.6. The number of nitrogens with one attached hydrogen (secondary N) is 2. The number of hydrogen-bond donors (Lipinski definition) is 2. The lowest BCUT2D eigenvalue weighted by Gasteiger charge is -2.34. The highest BCUT2D eigenvalue weighted by molar-refractivity contribution is 6.09. The first-order valence-corrected chi connectivity index (χ1v) is 31.3. The molecule has 4 heterocycles. The van der Waals surface area contributed by atoms with Crippen molar-refractivity contribution < 1.29 is 39.5 Å². The van der Waals surface area contributed by atoms with Crippen LogP contribution in [0.5, 0.6) is 0 Å². The molecular formula is C78H63F9N10. The molecule has 1 aliphatic heterocycles. The number of halogens is 9. The number of piperazine rings is 1. The molecule has 0 atom stereocenters. The van der Waals surface area contributed by atoms with Crippen molar-refractivity contribution in [3.8, 4) is 62.0 Å². The summed E-state index contributed by atoms with van der Waals surface area (Å²) in [4.78, 5) is 4.58. The summed E-state index contributed by atoms with van der Waals surface area (Å²) in [5.41, 5.74) is 8.18. The van der Waals surface area contributed by atoms with Crippen LogP contribution in [0.25, 0.3) is 105 Å². The van der Waals surface area contributed by atoms with Gasteiger partial charge in [-0.1, -0.05) is 151 Å². The Hall–Kier alpha value is -11.2. The Morgan fingerprint density at radius 3 is 1.03 bits per heavy atom. The quantitative estimate of drug-likeness (QED) is 0.104. The molecule has 3 aromatic heterocycles. The highest BCUT2D eigenvalue weighted by Crippen LogP contribution is 2.40. The minimum absolute atomic E-state index is 0.384. The van der Waals surface area contributed by atoms with Gasteiger partial charge in [-0.05, 0) is 171 Å². The maximum Gasteiger partial charge on any atom is 0.435 e. The Morgan fingerprint density at radius 1 is 0.320 bits per heavy atom. The van der Waals surface area contributed by atoms with E-state index in [1.807, 2.05) is 177 Å². The van der Waals surface area contributed by atoms with Crippen LogP contribution in [0, 0.1) is 6.92 Å². The van der Waals surface area contributed by atoms with Crippen molar-refractivity contribution in [3.63, 3.8) is 0 Å². The van der Waals surface area contributed by atoms with Gasteiger partial charge >= 0.3 is 18.5 Å². The molecule has 19 heteroatoms. The summed E-state index contributed by atoms with van der Waals surface area (Å²) in [5.74, 6) is 0. The Bertz CT molecular complexity index is 5100. The summed E-state index contributed by atoms with van der Waals surface area (Å²) in [5, 5.41) is 26.2. The summed E-state index contributed by atoms with van der Waals surface area (Å²) < 4.78 is 126. The number of hydrogen-bond acceptors (Lipinski definition) is 7. The molecule has 488 valence electrons. The zero-order valence-corrected chi connectivity index (χ0v) is 53.0. The molecule has 10 nitrogen and oxygen atoms in total. The van der Waals surface area contributed by atoms with Crippen molar-refractivity contribution in [2.24, 2.45) is 0 Å². The molecule has 97 heavy (non-hydrogen) atoms. The van der Waals surface area contributed by atoms with Gasteiger partial charge in [0, 0.05) is 74.0 Å². The fourth-order valence-corrected chi connectivity index (χ4v) is 12.1. The van der Waals surface area contributed by atoms with Crippen LogP contribution in [0.4, 0.5) is 56.6 Å². The third kappa shape index (κ3) is 13.9. The summed E-state index contributed by atoms with van der Waals surface area (Å²) in [6, 6.07) is 76.5. The molecule has 0 unspecified atom stereocenters. The molecule has 2 N–H and O–H groups in total. The molecule has 1 fully saturated rings. The predicted molar refractivity (Wildman–Crippen MR) is 371 cm³/mol. The van der Waals surface area contributed by atoms with Gasteiger partial charge in [0.2, 0.25) is 0 Å². The zero-order chi connectivity index (χ0) is 67.8. The number of benzene rings is 11. The van der Waals surface area contributed by atoms with Crippen LogP contribution in [-0.2, 0) is 18.5 Å². The monoisotopic (exact) mass is 1310 g/mol. The second-order valence-corrected chi connectivity index (χ2v) is 23.8. The van der Waals surface area contributed by atoms with Gasteiger partial charge in [0.1, 0.15) is 0 Å². The van der Waals surface area contributed by atoms with Crippen molar-refractivity contribution in [1.82, 2.24) is 34.2 Å². The fourth-order valence-electron chi connectivity index (χ4n) is 12.1. The highest BCUT2D eigenvalue weighted by Gasteiger charge is 2.38. The van der Waals surface area contributed by atoms with Gasteiger partial charge in [-0.15, -0.1) is 0 Å². The molecule has 0 amide bonds. The first-order valence-electron chi connectivity index (χ1n) is 31.3. The average Bonchev–Trinajstić information content (AvgIpc) is 1.63. The van der Waals surface area contributed by atoms with Crippen molar-refractivity contribution in [2.75, 3.05) is 62.9 Å². The van der Waals surface area contributed by atoms with Crippen molar-refractivity contribution >= 4 is 60.2 Å². The van der Waals surface area contributed by atoms with Crippen molar-refractivity contribution in [1.29, 1.82) is 0 Å². The smallest absolute Gasteiger partial charge is 0.388 e. The second kappa shape index (κ2) is 26.5. The molecule has 1 saturated heterocycles. The first kappa shape index (κ1) is 64.5. The lowest BCUT2D eigenvalue weighted by Crippen LogP contribution is -2.44. The van der Waals surface area contributed by atoms with E-state index in [0.29, 0.717) is 50.8 Å². The van der Waals surface area contributed by atoms with E-state index < -0.39 is 35.6 Å². The number of alkyl halides is 9. The largest absolute Gasteiger partial charge is 0.435 e. The number of anilines is 3. The average molecular weight is 1310 g/mol. The third-order valence-electron chi connectivity index (χ3n) is 17.4. The van der Waals surface area contributed by atoms with E-state index in [9.17, 15) is 39.5 Å². The summed E-state index contributed by atoms with van der Waals surface area (Å²) >= 11 is 0. The van der Waals surface area contributed by atoms with Crippen molar-refractivity contribution in [2.45, 2.75) is 25.5 Å². The maximum absolute atomic E-state index is 13.7. The molecule has 1 aliphatic rings. The number of fused-ring (bicyclic) bond motifs is 6. The van der Waals surface area contributed by atoms with E-state index in [2.05, 4.69) is 54.9 Å². The predicted octanol–water partition coefficient (Wildman–Crippen LogP) is 20.1. The van der Waals surface area contributed by atoms with Gasteiger partial charge < -0.3 is 20.4 Å². The minimum atomic E-state index is -4.53. The Labute approximate surface area is 553 Å². The molecule has 14 aromatic rings. The van der Waals surface area contributed by atoms with E-state index in [-0.39, 0.29) is 0 Å². The fraction of sp³-hybridized carbons (Fsp3) is 0.141. The van der Waals surface area contributed by atoms with Gasteiger partial charge in [-0.25, -0.2) is 14.0 Å². The molecule has 0 aliphatic carbocycles. The molecule has 0 spiro atoms.